The molecule has 0 saturated carbocycles. The molecule has 21 heavy (non-hydrogen) atoms. The minimum Gasteiger partial charge on any atom is -0.450 e. The average Bonchev–Trinajstić information content (AvgIpc) is 3.05. The van der Waals surface area contributed by atoms with Crippen LogP contribution in [0, 0.1) is 0 Å². The highest BCUT2D eigenvalue weighted by Crippen LogP contribution is 2.29. The van der Waals surface area contributed by atoms with Gasteiger partial charge >= 0.3 is 0 Å². The van der Waals surface area contributed by atoms with Gasteiger partial charge in [-0.2, -0.15) is 0 Å². The predicted octanol–water partition coefficient (Wildman–Crippen LogP) is 4.06. The van der Waals surface area contributed by atoms with Crippen molar-refractivity contribution in [1.29, 1.82) is 0 Å². The lowest BCUT2D eigenvalue weighted by atomic mass is 10.2. The van der Waals surface area contributed by atoms with Crippen LogP contribution in [0.4, 0.5) is 0 Å². The highest BCUT2D eigenvalue weighted by Gasteiger charge is 2.22. The maximum Gasteiger partial charge on any atom is 0.263 e. The highest BCUT2D eigenvalue weighted by atomic mass is 32.2. The highest BCUT2D eigenvalue weighted by molar-refractivity contribution is 8.26. The van der Waals surface area contributed by atoms with E-state index in [0.29, 0.717) is 15.0 Å². The van der Waals surface area contributed by atoms with Gasteiger partial charge in [0.2, 0.25) is 0 Å². The van der Waals surface area contributed by atoms with Crippen molar-refractivity contribution in [3.8, 4) is 0 Å². The van der Waals surface area contributed by atoms with Crippen LogP contribution in [-0.4, -0.2) is 10.2 Å². The van der Waals surface area contributed by atoms with E-state index >= 15 is 0 Å². The summed E-state index contributed by atoms with van der Waals surface area (Å²) in [6.07, 6.45) is 1.71. The number of amides is 1. The molecule has 0 unspecified atom stereocenters. The molecule has 1 aromatic carbocycles. The van der Waals surface area contributed by atoms with Crippen molar-refractivity contribution in [2.45, 2.75) is 10.8 Å². The molecule has 2 aromatic rings. The quantitative estimate of drug-likeness (QED) is 0.519. The lowest BCUT2D eigenvalue weighted by Gasteiger charge is -1.98. The van der Waals surface area contributed by atoms with Crippen LogP contribution in [0.25, 0.3) is 6.08 Å². The van der Waals surface area contributed by atoms with E-state index in [1.54, 1.807) is 17.8 Å². The molecule has 3 rings (SSSR count). The van der Waals surface area contributed by atoms with Crippen molar-refractivity contribution in [3.05, 3.63) is 58.7 Å². The smallest absolute Gasteiger partial charge is 0.263 e. The van der Waals surface area contributed by atoms with Gasteiger partial charge in [-0.15, -0.1) is 0 Å². The molecule has 1 saturated heterocycles. The van der Waals surface area contributed by atoms with Crippen LogP contribution >= 0.6 is 35.7 Å². The van der Waals surface area contributed by atoms with Gasteiger partial charge in [0, 0.05) is 11.8 Å². The average molecular weight is 333 g/mol. The summed E-state index contributed by atoms with van der Waals surface area (Å²) in [7, 11) is 0. The first-order valence-electron chi connectivity index (χ1n) is 6.22. The number of thioether (sulfide) groups is 2. The predicted molar refractivity (Wildman–Crippen MR) is 91.0 cm³/mol. The summed E-state index contributed by atoms with van der Waals surface area (Å²) >= 11 is 7.82. The molecular formula is C15H11NO2S3. The largest absolute Gasteiger partial charge is 0.450 e. The summed E-state index contributed by atoms with van der Waals surface area (Å²) in [5.41, 5.74) is 1.25. The molecule has 0 aliphatic carbocycles. The van der Waals surface area contributed by atoms with E-state index in [9.17, 15) is 4.79 Å². The number of rotatable bonds is 4. The Balaban J connectivity index is 1.65. The normalized spacial score (nSPS) is 16.5. The van der Waals surface area contributed by atoms with E-state index in [-0.39, 0.29) is 5.91 Å². The van der Waals surface area contributed by atoms with Crippen LogP contribution in [0.2, 0.25) is 0 Å². The van der Waals surface area contributed by atoms with E-state index in [1.165, 1.54) is 17.3 Å². The maximum absolute atomic E-state index is 11.6. The second-order valence-electron chi connectivity index (χ2n) is 4.28. The molecule has 0 radical (unpaired) electrons. The van der Waals surface area contributed by atoms with Gasteiger partial charge in [0.15, 0.2) is 5.09 Å². The number of hydrogen-bond acceptors (Lipinski definition) is 5. The summed E-state index contributed by atoms with van der Waals surface area (Å²) in [6.45, 7) is 0. The Morgan fingerprint density at radius 1 is 1.24 bits per heavy atom. The van der Waals surface area contributed by atoms with Gasteiger partial charge in [0.1, 0.15) is 10.1 Å². The summed E-state index contributed by atoms with van der Waals surface area (Å²) in [6, 6.07) is 14.0. The number of nitrogens with one attached hydrogen (secondary N) is 1. The van der Waals surface area contributed by atoms with Gasteiger partial charge < -0.3 is 9.73 Å². The Morgan fingerprint density at radius 2 is 2.05 bits per heavy atom. The van der Waals surface area contributed by atoms with Crippen molar-refractivity contribution >= 4 is 52.0 Å². The van der Waals surface area contributed by atoms with Crippen LogP contribution in [0.15, 0.2) is 56.9 Å². The molecule has 106 valence electrons. The molecule has 1 amide bonds. The topological polar surface area (TPSA) is 42.2 Å². The SMILES string of the molecule is O=C1NC(=S)S/C1=C\c1ccc(SCc2ccccc2)o1. The van der Waals surface area contributed by atoms with Crippen molar-refractivity contribution in [3.63, 3.8) is 0 Å². The van der Waals surface area contributed by atoms with E-state index in [1.807, 2.05) is 30.3 Å². The molecule has 1 aliphatic heterocycles. The summed E-state index contributed by atoms with van der Waals surface area (Å²) < 4.78 is 6.18. The monoisotopic (exact) mass is 333 g/mol. The first-order chi connectivity index (χ1) is 10.2. The Bertz CT molecular complexity index is 707. The lowest BCUT2D eigenvalue weighted by molar-refractivity contribution is -0.115. The molecule has 6 heteroatoms. The molecule has 1 fully saturated rings. The fourth-order valence-electron chi connectivity index (χ4n) is 1.77. The molecular weight excluding hydrogens is 322 g/mol. The van der Waals surface area contributed by atoms with Gasteiger partial charge in [0.05, 0.1) is 4.91 Å². The number of benzene rings is 1. The zero-order chi connectivity index (χ0) is 14.7. The van der Waals surface area contributed by atoms with E-state index in [4.69, 9.17) is 16.6 Å². The number of thiocarbonyl (C=S) groups is 1. The third-order valence-corrected chi connectivity index (χ3v) is 4.89. The zero-order valence-corrected chi connectivity index (χ0v) is 13.3. The number of furan rings is 1. The van der Waals surface area contributed by atoms with E-state index < -0.39 is 0 Å². The van der Waals surface area contributed by atoms with Crippen LogP contribution in [-0.2, 0) is 10.5 Å². The molecule has 1 N–H and O–H groups in total. The maximum atomic E-state index is 11.6. The molecule has 1 aromatic heterocycles. The van der Waals surface area contributed by atoms with Crippen molar-refractivity contribution in [2.24, 2.45) is 0 Å². The zero-order valence-electron chi connectivity index (χ0n) is 10.9. The minimum absolute atomic E-state index is 0.167. The number of carbonyl (C=O) groups is 1. The molecule has 1 aliphatic rings. The Kier molecular flexibility index (Phi) is 4.48. The Hall–Kier alpha value is -1.50. The van der Waals surface area contributed by atoms with Gasteiger partial charge in [-0.05, 0) is 17.7 Å². The summed E-state index contributed by atoms with van der Waals surface area (Å²) in [5.74, 6) is 1.34. The lowest BCUT2D eigenvalue weighted by Crippen LogP contribution is -2.17. The van der Waals surface area contributed by atoms with Gasteiger partial charge in [-0.3, -0.25) is 4.79 Å². The molecule has 0 atom stereocenters. The third kappa shape index (κ3) is 3.78. The van der Waals surface area contributed by atoms with E-state index in [2.05, 4.69) is 17.4 Å². The van der Waals surface area contributed by atoms with Crippen LogP contribution < -0.4 is 5.32 Å². The fourth-order valence-corrected chi connectivity index (χ4v) is 3.61. The minimum atomic E-state index is -0.167. The Labute approximate surface area is 136 Å². The van der Waals surface area contributed by atoms with Gasteiger partial charge in [-0.1, -0.05) is 66.1 Å². The second kappa shape index (κ2) is 6.51. The fraction of sp³-hybridized carbons (Fsp3) is 0.0667. The van der Waals surface area contributed by atoms with Crippen LogP contribution in [0.1, 0.15) is 11.3 Å². The van der Waals surface area contributed by atoms with E-state index in [0.717, 1.165) is 10.8 Å². The van der Waals surface area contributed by atoms with Crippen LogP contribution in [0.3, 0.4) is 0 Å². The second-order valence-corrected chi connectivity index (χ2v) is 6.98. The third-order valence-electron chi connectivity index (χ3n) is 2.74. The van der Waals surface area contributed by atoms with Crippen molar-refractivity contribution in [2.75, 3.05) is 0 Å². The first kappa shape index (κ1) is 14.4. The van der Waals surface area contributed by atoms with Gasteiger partial charge in [0.25, 0.3) is 5.91 Å². The van der Waals surface area contributed by atoms with Gasteiger partial charge in [-0.25, -0.2) is 0 Å². The summed E-state index contributed by atoms with van der Waals surface area (Å²) in [5, 5.41) is 3.41. The Morgan fingerprint density at radius 3 is 2.76 bits per heavy atom. The summed E-state index contributed by atoms with van der Waals surface area (Å²) in [4.78, 5) is 12.1. The molecule has 0 bridgehead atoms. The first-order valence-corrected chi connectivity index (χ1v) is 8.43. The van der Waals surface area contributed by atoms with Crippen molar-refractivity contribution < 1.29 is 9.21 Å². The molecule has 0 spiro atoms. The van der Waals surface area contributed by atoms with Crippen LogP contribution in [0.5, 0.6) is 0 Å². The molecule has 2 heterocycles. The number of carbonyl (C=O) groups excluding carboxylic acids is 1. The van der Waals surface area contributed by atoms with Crippen molar-refractivity contribution in [1.82, 2.24) is 5.32 Å². The number of hydrogen-bond donors (Lipinski definition) is 1. The standard InChI is InChI=1S/C15H11NO2S3/c17-14-12(21-15(19)16-14)8-11-6-7-13(18-11)20-9-10-4-2-1-3-5-10/h1-8H,9H2,(H,16,17,19)/b12-8-. The molecule has 3 nitrogen and oxygen atoms in total.